The lowest BCUT2D eigenvalue weighted by Crippen LogP contribution is -2.32. The van der Waals surface area contributed by atoms with E-state index in [9.17, 15) is 14.0 Å². The van der Waals surface area contributed by atoms with Crippen LogP contribution in [0.1, 0.15) is 36.5 Å². The van der Waals surface area contributed by atoms with Crippen molar-refractivity contribution in [3.05, 3.63) is 76.2 Å². The average Bonchev–Trinajstić information content (AvgIpc) is 2.66. The Bertz CT molecular complexity index is 1010. The Labute approximate surface area is 156 Å². The van der Waals surface area contributed by atoms with Gasteiger partial charge in [-0.05, 0) is 48.1 Å². The van der Waals surface area contributed by atoms with E-state index in [1.165, 1.54) is 22.8 Å². The second-order valence-electron chi connectivity index (χ2n) is 6.90. The number of carbonyl (C=O) groups excluding carboxylic acids is 1. The molecule has 0 spiro atoms. The van der Waals surface area contributed by atoms with Crippen LogP contribution in [0.15, 0.2) is 53.5 Å². The minimum atomic E-state index is -0.470. The van der Waals surface area contributed by atoms with E-state index in [4.69, 9.17) is 0 Å². The molecular weight excluding hydrogens is 345 g/mol. The summed E-state index contributed by atoms with van der Waals surface area (Å²) in [5.41, 5.74) is 0.649. The minimum Gasteiger partial charge on any atom is -0.345 e. The van der Waals surface area contributed by atoms with E-state index in [2.05, 4.69) is 10.3 Å². The Kier molecular flexibility index (Phi) is 5.64. The molecule has 27 heavy (non-hydrogen) atoms. The van der Waals surface area contributed by atoms with E-state index in [0.29, 0.717) is 17.8 Å². The molecule has 0 bridgehead atoms. The highest BCUT2D eigenvalue weighted by Crippen LogP contribution is 2.15. The highest BCUT2D eigenvalue weighted by Gasteiger charge is 2.16. The van der Waals surface area contributed by atoms with Crippen molar-refractivity contribution in [1.29, 1.82) is 0 Å². The third kappa shape index (κ3) is 4.39. The molecule has 3 aromatic rings. The van der Waals surface area contributed by atoms with Gasteiger partial charge >= 0.3 is 0 Å². The lowest BCUT2D eigenvalue weighted by atomic mass is 10.1. The van der Waals surface area contributed by atoms with Gasteiger partial charge in [-0.25, -0.2) is 4.39 Å². The molecule has 0 unspecified atom stereocenters. The Morgan fingerprint density at radius 1 is 1.22 bits per heavy atom. The minimum absolute atomic E-state index is 0.263. The van der Waals surface area contributed by atoms with Gasteiger partial charge < -0.3 is 9.88 Å². The molecule has 5 nitrogen and oxygen atoms in total. The van der Waals surface area contributed by atoms with Crippen LogP contribution in [0.25, 0.3) is 10.8 Å². The van der Waals surface area contributed by atoms with Crippen molar-refractivity contribution in [2.24, 2.45) is 5.92 Å². The first-order chi connectivity index (χ1) is 13.0. The predicted octanol–water partition coefficient (Wildman–Crippen LogP) is 3.51. The molecule has 0 saturated heterocycles. The standard InChI is InChI=1S/C21H22FN3O2/c1-14(2)8-10-25-19(20(26)24-13-17-5-3-4-9-23-17)11-15-6-7-16(22)12-18(15)21(25)27/h3-7,9,11-12,14H,8,10,13H2,1-2H3,(H,24,26). The van der Waals surface area contributed by atoms with Crippen molar-refractivity contribution < 1.29 is 9.18 Å². The molecule has 0 atom stereocenters. The monoisotopic (exact) mass is 367 g/mol. The fourth-order valence-electron chi connectivity index (χ4n) is 2.88. The van der Waals surface area contributed by atoms with Gasteiger partial charge in [-0.2, -0.15) is 0 Å². The van der Waals surface area contributed by atoms with E-state index in [1.807, 2.05) is 26.0 Å². The number of halogens is 1. The summed E-state index contributed by atoms with van der Waals surface area (Å²) in [6.07, 6.45) is 2.39. The van der Waals surface area contributed by atoms with Gasteiger partial charge in [0.05, 0.1) is 17.6 Å². The molecule has 2 heterocycles. The highest BCUT2D eigenvalue weighted by atomic mass is 19.1. The lowest BCUT2D eigenvalue weighted by molar-refractivity contribution is 0.0939. The molecule has 6 heteroatoms. The highest BCUT2D eigenvalue weighted by molar-refractivity contribution is 5.96. The average molecular weight is 367 g/mol. The van der Waals surface area contributed by atoms with Crippen LogP contribution in [0.3, 0.4) is 0 Å². The van der Waals surface area contributed by atoms with Gasteiger partial charge in [0.15, 0.2) is 0 Å². The predicted molar refractivity (Wildman–Crippen MR) is 103 cm³/mol. The van der Waals surface area contributed by atoms with Gasteiger partial charge in [0, 0.05) is 12.7 Å². The quantitative estimate of drug-likeness (QED) is 0.725. The van der Waals surface area contributed by atoms with Gasteiger partial charge in [0.25, 0.3) is 11.5 Å². The summed E-state index contributed by atoms with van der Waals surface area (Å²) in [5, 5.41) is 3.64. The number of benzene rings is 1. The van der Waals surface area contributed by atoms with Crippen LogP contribution in [0.5, 0.6) is 0 Å². The zero-order valence-electron chi connectivity index (χ0n) is 15.4. The Morgan fingerprint density at radius 3 is 2.74 bits per heavy atom. The fraction of sp³-hybridized carbons (Fsp3) is 0.286. The van der Waals surface area contributed by atoms with Crippen LogP contribution in [-0.2, 0) is 13.1 Å². The molecule has 1 amide bonds. The van der Waals surface area contributed by atoms with Crippen LogP contribution in [0, 0.1) is 11.7 Å². The maximum absolute atomic E-state index is 13.6. The SMILES string of the molecule is CC(C)CCn1c(C(=O)NCc2ccccn2)cc2ccc(F)cc2c1=O. The molecular formula is C21H22FN3O2. The number of aromatic nitrogens is 2. The van der Waals surface area contributed by atoms with E-state index in [1.54, 1.807) is 18.3 Å². The first-order valence-corrected chi connectivity index (χ1v) is 8.97. The number of nitrogens with zero attached hydrogens (tertiary/aromatic N) is 2. The van der Waals surface area contributed by atoms with Crippen LogP contribution in [0.4, 0.5) is 4.39 Å². The largest absolute Gasteiger partial charge is 0.345 e. The number of fused-ring (bicyclic) bond motifs is 1. The Balaban J connectivity index is 1.98. The van der Waals surface area contributed by atoms with Gasteiger partial charge in [0.2, 0.25) is 0 Å². The van der Waals surface area contributed by atoms with E-state index < -0.39 is 5.82 Å². The second kappa shape index (κ2) is 8.12. The number of hydrogen-bond acceptors (Lipinski definition) is 3. The van der Waals surface area contributed by atoms with Crippen LogP contribution in [0.2, 0.25) is 0 Å². The molecule has 0 aliphatic heterocycles. The van der Waals surface area contributed by atoms with Crippen LogP contribution in [-0.4, -0.2) is 15.5 Å². The topological polar surface area (TPSA) is 64.0 Å². The number of nitrogens with one attached hydrogen (secondary N) is 1. The summed E-state index contributed by atoms with van der Waals surface area (Å²) in [4.78, 5) is 29.8. The number of hydrogen-bond donors (Lipinski definition) is 1. The smallest absolute Gasteiger partial charge is 0.268 e. The van der Waals surface area contributed by atoms with Crippen LogP contribution < -0.4 is 10.9 Å². The molecule has 0 saturated carbocycles. The molecule has 3 rings (SSSR count). The summed E-state index contributed by atoms with van der Waals surface area (Å²) in [6, 6.07) is 11.1. The molecule has 2 aromatic heterocycles. The Hall–Kier alpha value is -3.02. The van der Waals surface area contributed by atoms with Crippen molar-refractivity contribution in [3.63, 3.8) is 0 Å². The summed E-state index contributed by atoms with van der Waals surface area (Å²) < 4.78 is 15.0. The van der Waals surface area contributed by atoms with Crippen molar-refractivity contribution in [2.45, 2.75) is 33.4 Å². The molecule has 1 aromatic carbocycles. The zero-order valence-corrected chi connectivity index (χ0v) is 15.4. The third-order valence-electron chi connectivity index (χ3n) is 4.39. The summed E-state index contributed by atoms with van der Waals surface area (Å²) in [6.45, 7) is 4.76. The molecule has 0 fully saturated rings. The van der Waals surface area contributed by atoms with Gasteiger partial charge in [-0.15, -0.1) is 0 Å². The maximum Gasteiger partial charge on any atom is 0.268 e. The molecule has 0 aliphatic rings. The molecule has 1 N–H and O–H groups in total. The van der Waals surface area contributed by atoms with Crippen molar-refractivity contribution in [1.82, 2.24) is 14.9 Å². The van der Waals surface area contributed by atoms with Gasteiger partial charge in [0.1, 0.15) is 11.5 Å². The van der Waals surface area contributed by atoms with Crippen molar-refractivity contribution in [3.8, 4) is 0 Å². The summed E-state index contributed by atoms with van der Waals surface area (Å²) in [5.74, 6) is -0.459. The van der Waals surface area contributed by atoms with E-state index >= 15 is 0 Å². The van der Waals surface area contributed by atoms with Crippen LogP contribution >= 0.6 is 0 Å². The first-order valence-electron chi connectivity index (χ1n) is 8.97. The normalized spacial score (nSPS) is 11.1. The van der Waals surface area contributed by atoms with E-state index in [-0.39, 0.29) is 29.1 Å². The lowest BCUT2D eigenvalue weighted by Gasteiger charge is -2.15. The molecule has 0 aliphatic carbocycles. The third-order valence-corrected chi connectivity index (χ3v) is 4.39. The second-order valence-corrected chi connectivity index (χ2v) is 6.90. The number of rotatable bonds is 6. The molecule has 140 valence electrons. The maximum atomic E-state index is 13.6. The summed E-state index contributed by atoms with van der Waals surface area (Å²) >= 11 is 0. The zero-order chi connectivity index (χ0) is 19.4. The Morgan fingerprint density at radius 2 is 2.04 bits per heavy atom. The number of carbonyl (C=O) groups is 1. The first kappa shape index (κ1) is 18.8. The molecule has 0 radical (unpaired) electrons. The van der Waals surface area contributed by atoms with Gasteiger partial charge in [-0.1, -0.05) is 26.0 Å². The van der Waals surface area contributed by atoms with E-state index in [0.717, 1.165) is 12.1 Å². The number of amides is 1. The summed E-state index contributed by atoms with van der Waals surface area (Å²) in [7, 11) is 0. The fourth-order valence-corrected chi connectivity index (χ4v) is 2.88. The van der Waals surface area contributed by atoms with Gasteiger partial charge in [-0.3, -0.25) is 14.6 Å². The number of pyridine rings is 2. The van der Waals surface area contributed by atoms with Crippen molar-refractivity contribution in [2.75, 3.05) is 0 Å². The van der Waals surface area contributed by atoms with Crippen molar-refractivity contribution >= 4 is 16.7 Å².